The summed E-state index contributed by atoms with van der Waals surface area (Å²) in [6.45, 7) is 3.34. The van der Waals surface area contributed by atoms with Crippen molar-refractivity contribution in [3.05, 3.63) is 48.2 Å². The molecule has 2 aromatic rings. The first-order chi connectivity index (χ1) is 9.33. The molecule has 0 saturated carbocycles. The molecule has 1 aromatic carbocycles. The summed E-state index contributed by atoms with van der Waals surface area (Å²) < 4.78 is 11.3. The Labute approximate surface area is 113 Å². The number of hydrogen-bond acceptors (Lipinski definition) is 4. The van der Waals surface area contributed by atoms with Gasteiger partial charge in [-0.05, 0) is 37.7 Å². The largest absolute Gasteiger partial charge is 0.490 e. The molecular formula is C15H18N2O2. The fourth-order valence-corrected chi connectivity index (χ4v) is 1.74. The van der Waals surface area contributed by atoms with Crippen molar-refractivity contribution in [2.75, 3.05) is 13.7 Å². The molecule has 1 N–H and O–H groups in total. The van der Waals surface area contributed by atoms with Crippen molar-refractivity contribution in [1.29, 1.82) is 0 Å². The first kappa shape index (κ1) is 13.4. The van der Waals surface area contributed by atoms with Gasteiger partial charge in [0.15, 0.2) is 11.5 Å². The zero-order valence-corrected chi connectivity index (χ0v) is 11.2. The molecule has 2 rings (SSSR count). The first-order valence-electron chi connectivity index (χ1n) is 6.32. The number of nitrogens with one attached hydrogen (secondary N) is 1. The second-order valence-corrected chi connectivity index (χ2v) is 4.01. The highest BCUT2D eigenvalue weighted by Crippen LogP contribution is 2.30. The predicted octanol–water partition coefficient (Wildman–Crippen LogP) is 2.99. The van der Waals surface area contributed by atoms with Crippen molar-refractivity contribution in [2.24, 2.45) is 0 Å². The van der Waals surface area contributed by atoms with E-state index in [9.17, 15) is 0 Å². The molecule has 0 bridgehead atoms. The summed E-state index contributed by atoms with van der Waals surface area (Å²) in [5.41, 5.74) is 1.13. The van der Waals surface area contributed by atoms with Gasteiger partial charge in [-0.1, -0.05) is 12.1 Å². The summed E-state index contributed by atoms with van der Waals surface area (Å²) in [6.07, 6.45) is 1.74. The van der Waals surface area contributed by atoms with Crippen molar-refractivity contribution in [3.8, 4) is 17.4 Å². The van der Waals surface area contributed by atoms with Crippen molar-refractivity contribution < 1.29 is 9.47 Å². The third-order valence-electron chi connectivity index (χ3n) is 2.54. The van der Waals surface area contributed by atoms with E-state index in [0.29, 0.717) is 18.2 Å². The van der Waals surface area contributed by atoms with Crippen molar-refractivity contribution >= 4 is 0 Å². The lowest BCUT2D eigenvalue weighted by Crippen LogP contribution is -2.05. The molecule has 0 fully saturated rings. The number of aromatic nitrogens is 1. The van der Waals surface area contributed by atoms with Crippen molar-refractivity contribution in [2.45, 2.75) is 13.5 Å². The van der Waals surface area contributed by atoms with Crippen LogP contribution < -0.4 is 14.8 Å². The van der Waals surface area contributed by atoms with Gasteiger partial charge in [-0.25, -0.2) is 4.98 Å². The van der Waals surface area contributed by atoms with Crippen LogP contribution in [-0.2, 0) is 6.54 Å². The number of benzene rings is 1. The molecule has 0 unspecified atom stereocenters. The van der Waals surface area contributed by atoms with E-state index >= 15 is 0 Å². The van der Waals surface area contributed by atoms with Crippen LogP contribution in [0.1, 0.15) is 12.5 Å². The minimum Gasteiger partial charge on any atom is -0.490 e. The third kappa shape index (κ3) is 3.69. The van der Waals surface area contributed by atoms with Crippen LogP contribution in [0.5, 0.6) is 17.4 Å². The number of hydrogen-bond donors (Lipinski definition) is 1. The summed E-state index contributed by atoms with van der Waals surface area (Å²) in [6, 6.07) is 11.5. The predicted molar refractivity (Wildman–Crippen MR) is 74.7 cm³/mol. The number of pyridine rings is 1. The molecule has 0 aliphatic heterocycles. The van der Waals surface area contributed by atoms with E-state index < -0.39 is 0 Å². The maximum atomic E-state index is 5.79. The van der Waals surface area contributed by atoms with Gasteiger partial charge in [0.2, 0.25) is 5.88 Å². The smallest absolute Gasteiger partial charge is 0.219 e. The molecule has 0 aliphatic carbocycles. The van der Waals surface area contributed by atoms with Gasteiger partial charge >= 0.3 is 0 Å². The Morgan fingerprint density at radius 1 is 1.16 bits per heavy atom. The van der Waals surface area contributed by atoms with E-state index in [-0.39, 0.29) is 0 Å². The van der Waals surface area contributed by atoms with Crippen LogP contribution in [0, 0.1) is 0 Å². The Hall–Kier alpha value is -2.07. The van der Waals surface area contributed by atoms with Gasteiger partial charge in [0.1, 0.15) is 0 Å². The molecule has 0 aliphatic rings. The van der Waals surface area contributed by atoms with Gasteiger partial charge in [0.05, 0.1) is 6.61 Å². The lowest BCUT2D eigenvalue weighted by atomic mass is 10.2. The molecule has 100 valence electrons. The lowest BCUT2D eigenvalue weighted by molar-refractivity contribution is 0.319. The van der Waals surface area contributed by atoms with E-state index in [2.05, 4.69) is 10.3 Å². The van der Waals surface area contributed by atoms with Gasteiger partial charge in [-0.3, -0.25) is 0 Å². The van der Waals surface area contributed by atoms with Crippen molar-refractivity contribution in [1.82, 2.24) is 10.3 Å². The minimum atomic E-state index is 0.569. The SMILES string of the molecule is CCOc1ccccc1Oc1cc(CNC)ccn1. The fraction of sp³-hybridized carbons (Fsp3) is 0.267. The Morgan fingerprint density at radius 2 is 1.95 bits per heavy atom. The monoisotopic (exact) mass is 258 g/mol. The second kappa shape index (κ2) is 6.75. The number of para-hydroxylation sites is 2. The summed E-state index contributed by atoms with van der Waals surface area (Å²) in [7, 11) is 1.91. The summed E-state index contributed by atoms with van der Waals surface area (Å²) >= 11 is 0. The lowest BCUT2D eigenvalue weighted by Gasteiger charge is -2.11. The second-order valence-electron chi connectivity index (χ2n) is 4.01. The molecule has 1 aromatic heterocycles. The first-order valence-corrected chi connectivity index (χ1v) is 6.32. The highest BCUT2D eigenvalue weighted by molar-refractivity contribution is 5.41. The van der Waals surface area contributed by atoms with E-state index in [0.717, 1.165) is 17.9 Å². The molecule has 1 heterocycles. The molecule has 4 heteroatoms. The van der Waals surface area contributed by atoms with E-state index in [1.54, 1.807) is 6.20 Å². The van der Waals surface area contributed by atoms with Gasteiger partial charge in [0, 0.05) is 18.8 Å². The fourth-order valence-electron chi connectivity index (χ4n) is 1.74. The minimum absolute atomic E-state index is 0.569. The average molecular weight is 258 g/mol. The Morgan fingerprint density at radius 3 is 2.68 bits per heavy atom. The molecule has 0 spiro atoms. The highest BCUT2D eigenvalue weighted by atomic mass is 16.5. The third-order valence-corrected chi connectivity index (χ3v) is 2.54. The van der Waals surface area contributed by atoms with Crippen LogP contribution in [0.2, 0.25) is 0 Å². The molecule has 0 saturated heterocycles. The summed E-state index contributed by atoms with van der Waals surface area (Å²) in [4.78, 5) is 4.21. The van der Waals surface area contributed by atoms with Crippen molar-refractivity contribution in [3.63, 3.8) is 0 Å². The van der Waals surface area contributed by atoms with E-state index in [1.165, 1.54) is 0 Å². The molecular weight excluding hydrogens is 240 g/mol. The zero-order valence-electron chi connectivity index (χ0n) is 11.2. The summed E-state index contributed by atoms with van der Waals surface area (Å²) in [5.74, 6) is 1.98. The van der Waals surface area contributed by atoms with Crippen LogP contribution >= 0.6 is 0 Å². The Kier molecular flexibility index (Phi) is 4.75. The Bertz CT molecular complexity index is 529. The highest BCUT2D eigenvalue weighted by Gasteiger charge is 2.06. The van der Waals surface area contributed by atoms with Crippen LogP contribution in [0.25, 0.3) is 0 Å². The van der Waals surface area contributed by atoms with E-state index in [1.807, 2.05) is 50.4 Å². The van der Waals surface area contributed by atoms with Crippen LogP contribution in [0.4, 0.5) is 0 Å². The molecule has 0 atom stereocenters. The quantitative estimate of drug-likeness (QED) is 0.865. The standard InChI is InChI=1S/C15H18N2O2/c1-3-18-13-6-4-5-7-14(13)19-15-10-12(11-16-2)8-9-17-15/h4-10,16H,3,11H2,1-2H3. The zero-order chi connectivity index (χ0) is 13.5. The van der Waals surface area contributed by atoms with Gasteiger partial charge in [-0.2, -0.15) is 0 Å². The maximum Gasteiger partial charge on any atom is 0.219 e. The number of nitrogens with zero attached hydrogens (tertiary/aromatic N) is 1. The average Bonchev–Trinajstić information content (AvgIpc) is 2.42. The normalized spacial score (nSPS) is 10.2. The molecule has 4 nitrogen and oxygen atoms in total. The van der Waals surface area contributed by atoms with Crippen LogP contribution in [0.15, 0.2) is 42.6 Å². The maximum absolute atomic E-state index is 5.79. The molecule has 19 heavy (non-hydrogen) atoms. The van der Waals surface area contributed by atoms with Gasteiger partial charge in [-0.15, -0.1) is 0 Å². The van der Waals surface area contributed by atoms with Crippen LogP contribution in [0.3, 0.4) is 0 Å². The van der Waals surface area contributed by atoms with Crippen LogP contribution in [-0.4, -0.2) is 18.6 Å². The van der Waals surface area contributed by atoms with Gasteiger partial charge < -0.3 is 14.8 Å². The number of rotatable bonds is 6. The topological polar surface area (TPSA) is 43.4 Å². The van der Waals surface area contributed by atoms with E-state index in [4.69, 9.17) is 9.47 Å². The number of ether oxygens (including phenoxy) is 2. The Balaban J connectivity index is 2.18. The molecule has 0 radical (unpaired) electrons. The molecule has 0 amide bonds. The van der Waals surface area contributed by atoms with Gasteiger partial charge in [0.25, 0.3) is 0 Å². The summed E-state index contributed by atoms with van der Waals surface area (Å²) in [5, 5.41) is 3.10.